The SMILES string of the molecule is CCC(C)NS(=O)(=O)c1ccc(NC(=O)C2CCCC2)cc1. The van der Waals surface area contributed by atoms with Gasteiger partial charge < -0.3 is 5.32 Å². The number of carbonyl (C=O) groups excluding carboxylic acids is 1. The largest absolute Gasteiger partial charge is 0.326 e. The maximum Gasteiger partial charge on any atom is 0.240 e. The fourth-order valence-electron chi connectivity index (χ4n) is 2.57. The van der Waals surface area contributed by atoms with Crippen LogP contribution in [0.15, 0.2) is 29.2 Å². The summed E-state index contributed by atoms with van der Waals surface area (Å²) in [6.45, 7) is 3.75. The summed E-state index contributed by atoms with van der Waals surface area (Å²) < 4.78 is 26.9. The fraction of sp³-hybridized carbons (Fsp3) is 0.562. The van der Waals surface area contributed by atoms with Gasteiger partial charge in [-0.05, 0) is 50.5 Å². The summed E-state index contributed by atoms with van der Waals surface area (Å²) in [5.41, 5.74) is 0.638. The first-order chi connectivity index (χ1) is 10.4. The topological polar surface area (TPSA) is 75.3 Å². The molecule has 2 rings (SSSR count). The van der Waals surface area contributed by atoms with Crippen LogP contribution in [0.2, 0.25) is 0 Å². The first-order valence-corrected chi connectivity index (χ1v) is 9.34. The Morgan fingerprint density at radius 1 is 1.23 bits per heavy atom. The van der Waals surface area contributed by atoms with Crippen molar-refractivity contribution in [2.75, 3.05) is 5.32 Å². The van der Waals surface area contributed by atoms with E-state index in [9.17, 15) is 13.2 Å². The quantitative estimate of drug-likeness (QED) is 0.845. The number of benzene rings is 1. The minimum absolute atomic E-state index is 0.0332. The summed E-state index contributed by atoms with van der Waals surface area (Å²) in [6.07, 6.45) is 4.83. The highest BCUT2D eigenvalue weighted by Gasteiger charge is 2.23. The molecule has 0 heterocycles. The third-order valence-corrected chi connectivity index (χ3v) is 5.73. The van der Waals surface area contributed by atoms with Gasteiger partial charge in [0.15, 0.2) is 0 Å². The number of carbonyl (C=O) groups is 1. The van der Waals surface area contributed by atoms with E-state index in [0.29, 0.717) is 5.69 Å². The van der Waals surface area contributed by atoms with Gasteiger partial charge in [-0.1, -0.05) is 19.8 Å². The van der Waals surface area contributed by atoms with E-state index < -0.39 is 10.0 Å². The van der Waals surface area contributed by atoms with Gasteiger partial charge in [0.2, 0.25) is 15.9 Å². The summed E-state index contributed by atoms with van der Waals surface area (Å²) in [5, 5.41) is 2.86. The van der Waals surface area contributed by atoms with Crippen molar-refractivity contribution >= 4 is 21.6 Å². The van der Waals surface area contributed by atoms with Crippen LogP contribution in [0.4, 0.5) is 5.69 Å². The molecule has 0 bridgehead atoms. The second kappa shape index (κ2) is 7.24. The average molecular weight is 324 g/mol. The standard InChI is InChI=1S/C16H24N2O3S/c1-3-12(2)18-22(20,21)15-10-8-14(9-11-15)17-16(19)13-6-4-5-7-13/h8-13,18H,3-7H2,1-2H3,(H,17,19). The number of hydrogen-bond acceptors (Lipinski definition) is 3. The lowest BCUT2D eigenvalue weighted by Gasteiger charge is -2.13. The molecule has 0 radical (unpaired) electrons. The maximum atomic E-state index is 12.1. The summed E-state index contributed by atoms with van der Waals surface area (Å²) in [4.78, 5) is 12.3. The molecule has 1 saturated carbocycles. The second-order valence-electron chi connectivity index (χ2n) is 5.93. The van der Waals surface area contributed by atoms with Gasteiger partial charge in [0.25, 0.3) is 0 Å². The van der Waals surface area contributed by atoms with E-state index in [2.05, 4.69) is 10.0 Å². The monoisotopic (exact) mass is 324 g/mol. The predicted molar refractivity (Wildman–Crippen MR) is 87.1 cm³/mol. The molecule has 1 aliphatic rings. The van der Waals surface area contributed by atoms with Crippen LogP contribution < -0.4 is 10.0 Å². The van der Waals surface area contributed by atoms with Crippen molar-refractivity contribution in [3.05, 3.63) is 24.3 Å². The number of rotatable bonds is 6. The molecule has 0 aromatic heterocycles. The predicted octanol–water partition coefficient (Wildman–Crippen LogP) is 2.89. The summed E-state index contributed by atoms with van der Waals surface area (Å²) >= 11 is 0. The Morgan fingerprint density at radius 2 is 1.82 bits per heavy atom. The molecule has 122 valence electrons. The van der Waals surface area contributed by atoms with Crippen LogP contribution in [-0.4, -0.2) is 20.4 Å². The van der Waals surface area contributed by atoms with Crippen LogP contribution >= 0.6 is 0 Å². The molecule has 1 aliphatic carbocycles. The number of hydrogen-bond donors (Lipinski definition) is 2. The van der Waals surface area contributed by atoms with E-state index in [1.165, 1.54) is 12.1 Å². The van der Waals surface area contributed by atoms with E-state index in [1.54, 1.807) is 12.1 Å². The third kappa shape index (κ3) is 4.30. The van der Waals surface area contributed by atoms with Crippen molar-refractivity contribution in [1.82, 2.24) is 4.72 Å². The molecule has 1 unspecified atom stereocenters. The van der Waals surface area contributed by atoms with Crippen LogP contribution in [0.1, 0.15) is 46.0 Å². The van der Waals surface area contributed by atoms with Crippen molar-refractivity contribution in [1.29, 1.82) is 0 Å². The van der Waals surface area contributed by atoms with E-state index >= 15 is 0 Å². The summed E-state index contributed by atoms with van der Waals surface area (Å²) in [6, 6.07) is 6.21. The molecule has 2 N–H and O–H groups in total. The lowest BCUT2D eigenvalue weighted by molar-refractivity contribution is -0.119. The zero-order chi connectivity index (χ0) is 16.2. The van der Waals surface area contributed by atoms with Crippen molar-refractivity contribution in [3.63, 3.8) is 0 Å². The Morgan fingerprint density at radius 3 is 2.36 bits per heavy atom. The second-order valence-corrected chi connectivity index (χ2v) is 7.64. The Bertz CT molecular complexity index is 605. The Labute approximate surface area is 132 Å². The molecule has 0 spiro atoms. The number of nitrogens with one attached hydrogen (secondary N) is 2. The Kier molecular flexibility index (Phi) is 5.58. The molecule has 1 amide bonds. The Hall–Kier alpha value is -1.40. The highest BCUT2D eigenvalue weighted by Crippen LogP contribution is 2.26. The fourth-order valence-corrected chi connectivity index (χ4v) is 3.89. The normalized spacial score (nSPS) is 17.4. The van der Waals surface area contributed by atoms with Crippen LogP contribution in [0, 0.1) is 5.92 Å². The van der Waals surface area contributed by atoms with Gasteiger partial charge in [0.05, 0.1) is 4.90 Å². The molecule has 1 atom stereocenters. The van der Waals surface area contributed by atoms with Crippen LogP contribution in [0.3, 0.4) is 0 Å². The van der Waals surface area contributed by atoms with Gasteiger partial charge in [-0.3, -0.25) is 4.79 Å². The van der Waals surface area contributed by atoms with E-state index in [-0.39, 0.29) is 22.8 Å². The number of amides is 1. The molecule has 0 aliphatic heterocycles. The average Bonchev–Trinajstić information content (AvgIpc) is 3.01. The van der Waals surface area contributed by atoms with Gasteiger partial charge in [0.1, 0.15) is 0 Å². The molecule has 1 aromatic carbocycles. The van der Waals surface area contributed by atoms with Gasteiger partial charge in [-0.25, -0.2) is 13.1 Å². The van der Waals surface area contributed by atoms with E-state index in [1.807, 2.05) is 13.8 Å². The van der Waals surface area contributed by atoms with Crippen LogP contribution in [0.25, 0.3) is 0 Å². The van der Waals surface area contributed by atoms with Crippen LogP contribution in [-0.2, 0) is 14.8 Å². The highest BCUT2D eigenvalue weighted by molar-refractivity contribution is 7.89. The minimum Gasteiger partial charge on any atom is -0.326 e. The van der Waals surface area contributed by atoms with Crippen molar-refractivity contribution in [2.45, 2.75) is 56.9 Å². The lowest BCUT2D eigenvalue weighted by Crippen LogP contribution is -2.32. The smallest absolute Gasteiger partial charge is 0.240 e. The van der Waals surface area contributed by atoms with Crippen molar-refractivity contribution in [2.24, 2.45) is 5.92 Å². The first-order valence-electron chi connectivity index (χ1n) is 7.85. The molecule has 0 saturated heterocycles. The van der Waals surface area contributed by atoms with Gasteiger partial charge in [-0.2, -0.15) is 0 Å². The highest BCUT2D eigenvalue weighted by atomic mass is 32.2. The maximum absolute atomic E-state index is 12.1. The van der Waals surface area contributed by atoms with E-state index in [0.717, 1.165) is 32.1 Å². The molecule has 5 nitrogen and oxygen atoms in total. The number of sulfonamides is 1. The molecule has 6 heteroatoms. The first kappa shape index (κ1) is 17.0. The Balaban J connectivity index is 2.02. The molecular formula is C16H24N2O3S. The van der Waals surface area contributed by atoms with Gasteiger partial charge >= 0.3 is 0 Å². The molecule has 22 heavy (non-hydrogen) atoms. The lowest BCUT2D eigenvalue weighted by atomic mass is 10.1. The third-order valence-electron chi connectivity index (χ3n) is 4.13. The van der Waals surface area contributed by atoms with Crippen LogP contribution in [0.5, 0.6) is 0 Å². The molecule has 1 aromatic rings. The van der Waals surface area contributed by atoms with E-state index in [4.69, 9.17) is 0 Å². The zero-order valence-corrected chi connectivity index (χ0v) is 13.9. The minimum atomic E-state index is -3.50. The molecule has 1 fully saturated rings. The molecular weight excluding hydrogens is 300 g/mol. The van der Waals surface area contributed by atoms with Crippen molar-refractivity contribution in [3.8, 4) is 0 Å². The summed E-state index contributed by atoms with van der Waals surface area (Å²) in [7, 11) is -3.50. The van der Waals surface area contributed by atoms with Crippen molar-refractivity contribution < 1.29 is 13.2 Å². The zero-order valence-electron chi connectivity index (χ0n) is 13.1. The van der Waals surface area contributed by atoms with Gasteiger partial charge in [0, 0.05) is 17.6 Å². The van der Waals surface area contributed by atoms with Gasteiger partial charge in [-0.15, -0.1) is 0 Å². The summed E-state index contributed by atoms with van der Waals surface area (Å²) in [5.74, 6) is 0.126. The number of anilines is 1.